The van der Waals surface area contributed by atoms with E-state index in [0.717, 1.165) is 0 Å². The molecule has 314 valence electrons. The van der Waals surface area contributed by atoms with E-state index in [1.54, 1.807) is 0 Å². The molecule has 25 aromatic carbocycles. The second-order valence-corrected chi connectivity index (χ2v) is 22.7. The first-order valence-electron chi connectivity index (χ1n) is 25.2. The normalized spacial score (nSPS) is 14.4. The zero-order chi connectivity index (χ0) is 43.3. The minimum atomic E-state index is 0. The molecule has 0 aromatic heterocycles. The van der Waals surface area contributed by atoms with Crippen LogP contribution in [0.3, 0.4) is 0 Å². The van der Waals surface area contributed by atoms with E-state index < -0.39 is 0 Å². The van der Waals surface area contributed by atoms with Crippen LogP contribution in [0.1, 0.15) is 0 Å². The molecule has 25 aromatic rings. The van der Waals surface area contributed by atoms with Crippen molar-refractivity contribution in [2.45, 2.75) is 0 Å². The van der Waals surface area contributed by atoms with Gasteiger partial charge < -0.3 is 0 Å². The van der Waals surface area contributed by atoms with Crippen LogP contribution in [0.15, 0.2) is 133 Å². The molecule has 0 aliphatic rings. The van der Waals surface area contributed by atoms with E-state index in [9.17, 15) is 0 Å². The van der Waals surface area contributed by atoms with Crippen molar-refractivity contribution in [1.29, 1.82) is 0 Å². The van der Waals surface area contributed by atoms with Gasteiger partial charge in [0.1, 0.15) is 0 Å². The maximum atomic E-state index is 2.58. The predicted octanol–water partition coefficient (Wildman–Crippen LogP) is 19.6. The van der Waals surface area contributed by atoms with Gasteiger partial charge in [-0.3, -0.25) is 4.70 Å². The Balaban J connectivity index is 0.00000184. The minimum Gasteiger partial charge on any atom is -0.0610 e. The summed E-state index contributed by atoms with van der Waals surface area (Å²) in [5, 5.41) is 69.3. The van der Waals surface area contributed by atoms with Gasteiger partial charge in [-0.05, 0) is 331 Å². The van der Waals surface area contributed by atoms with Crippen LogP contribution in [-0.2, 0) is 0 Å². The van der Waals surface area contributed by atoms with E-state index >= 15 is 0 Å². The molecule has 0 saturated heterocycles. The van der Waals surface area contributed by atoms with E-state index in [0.29, 0.717) is 0 Å². The summed E-state index contributed by atoms with van der Waals surface area (Å²) in [7, 11) is 0. The molecule has 2 heteroatoms. The van der Waals surface area contributed by atoms with Gasteiger partial charge in [-0.1, -0.05) is 60.7 Å². The molecule has 0 heterocycles. The van der Waals surface area contributed by atoms with Gasteiger partial charge in [-0.2, -0.15) is 0 Å². The smallest absolute Gasteiger partial charge is 0.0000000465 e. The maximum absolute atomic E-state index is 2.58. The van der Waals surface area contributed by atoms with Crippen LogP contribution in [0, 0.1) is 0 Å². The molecule has 0 nitrogen and oxygen atoms in total. The Morgan fingerprint density at radius 1 is 0.125 bits per heavy atom. The Labute approximate surface area is 430 Å². The molecule has 0 fully saturated rings. The van der Waals surface area contributed by atoms with Crippen molar-refractivity contribution in [2.75, 3.05) is 0 Å². The molecule has 72 heavy (non-hydrogen) atoms. The van der Waals surface area contributed by atoms with E-state index in [4.69, 9.17) is 0 Å². The molecule has 0 aliphatic heterocycles. The summed E-state index contributed by atoms with van der Waals surface area (Å²) < 4.78 is 0. The third kappa shape index (κ3) is 2.83. The zero-order valence-electron chi connectivity index (χ0n) is 37.1. The van der Waals surface area contributed by atoms with Gasteiger partial charge in [0.05, 0.1) is 0 Å². The summed E-state index contributed by atoms with van der Waals surface area (Å²) in [6.07, 6.45) is 0. The van der Waals surface area contributed by atoms with E-state index in [1.165, 1.54) is 259 Å². The second kappa shape index (κ2) is 9.73. The minimum absolute atomic E-state index is 0. The first-order valence-corrected chi connectivity index (χ1v) is 25.2. The first-order chi connectivity index (χ1) is 34.7. The van der Waals surface area contributed by atoms with Gasteiger partial charge in [0.2, 0.25) is 0 Å². The SMILES string of the molecule is F.[CaH2].c1cc2cc3cc4cc5ccc6cc7cc8cc9cccc%10cc%11cc%12cc%13ccc%14cc%15cc%16cc(c1)c2c1c3c2c4c3c5c6c4c7c5c8c(c9%10)c%11c6c%12c7c%13c%14c8c%15c(c%161)c2c1c3c4c(c56)c7c81. The zero-order valence-corrected chi connectivity index (χ0v) is 37.1. The Morgan fingerprint density at radius 2 is 0.250 bits per heavy atom. The number of hydrogen-bond donors (Lipinski definition) is 0. The van der Waals surface area contributed by atoms with Crippen LogP contribution in [0.2, 0.25) is 0 Å². The fourth-order valence-corrected chi connectivity index (χ4v) is 18.6. The second-order valence-electron chi connectivity index (χ2n) is 22.7. The molecule has 25 rings (SSSR count). The molecule has 0 unspecified atom stereocenters. The quantitative estimate of drug-likeness (QED) is 0.0808. The fraction of sp³-hybridized carbons (Fsp3) is 0. The average Bonchev–Trinajstić information content (AvgIpc) is 3.38. The predicted molar refractivity (Wildman–Crippen MR) is 317 cm³/mol. The number of hydrogen-bond acceptors (Lipinski definition) is 0. The van der Waals surface area contributed by atoms with Gasteiger partial charge in [0.25, 0.3) is 0 Å². The largest absolute Gasteiger partial charge is 0.0610 e. The molecule has 0 radical (unpaired) electrons. The summed E-state index contributed by atoms with van der Waals surface area (Å²) in [5.74, 6) is 0. The van der Waals surface area contributed by atoms with Crippen LogP contribution in [0.5, 0.6) is 0 Å². The van der Waals surface area contributed by atoms with Crippen LogP contribution >= 0.6 is 0 Å². The summed E-state index contributed by atoms with van der Waals surface area (Å²) in [5.41, 5.74) is 0. The Hall–Kier alpha value is -7.91. The molecular formula is C70H25CaF. The molecule has 0 bridgehead atoms. The molecular weight excluding hydrogens is 900 g/mol. The molecule has 0 spiro atoms. The Kier molecular flexibility index (Phi) is 4.65. The van der Waals surface area contributed by atoms with Crippen LogP contribution in [-0.4, -0.2) is 37.7 Å². The van der Waals surface area contributed by atoms with Crippen molar-refractivity contribution in [1.82, 2.24) is 0 Å². The topological polar surface area (TPSA) is 0 Å². The van der Waals surface area contributed by atoms with Crippen molar-refractivity contribution in [2.24, 2.45) is 0 Å². The number of rotatable bonds is 0. The molecule has 0 N–H and O–H groups in total. The average molecular weight is 925 g/mol. The maximum Gasteiger partial charge on any atom is -0.0000000465 e. The van der Waals surface area contributed by atoms with Crippen molar-refractivity contribution in [3.05, 3.63) is 133 Å². The summed E-state index contributed by atoms with van der Waals surface area (Å²) in [4.78, 5) is 0. The van der Waals surface area contributed by atoms with E-state index in [1.807, 2.05) is 0 Å². The molecule has 0 amide bonds. The number of halogens is 1. The van der Waals surface area contributed by atoms with Gasteiger partial charge in [0.15, 0.2) is 0 Å². The molecule has 0 aliphatic carbocycles. The van der Waals surface area contributed by atoms with Crippen molar-refractivity contribution >= 4 is 296 Å². The van der Waals surface area contributed by atoms with E-state index in [-0.39, 0.29) is 42.4 Å². The summed E-state index contributed by atoms with van der Waals surface area (Å²) in [6, 6.07) is 54.7. The van der Waals surface area contributed by atoms with Gasteiger partial charge >= 0.3 is 37.7 Å². The van der Waals surface area contributed by atoms with Crippen LogP contribution in [0.4, 0.5) is 4.70 Å². The Morgan fingerprint density at radius 3 is 0.444 bits per heavy atom. The van der Waals surface area contributed by atoms with Crippen molar-refractivity contribution in [3.8, 4) is 0 Å². The third-order valence-corrected chi connectivity index (χ3v) is 20.3. The first kappa shape index (κ1) is 34.4. The van der Waals surface area contributed by atoms with Crippen LogP contribution < -0.4 is 0 Å². The standard InChI is InChI=1S/C70H22.Ca.FH.2H/c1-3-23-11-31-19-35-15-27-7-9-29-17-37-21-33-13-25-5-2-6-26-14-34-22-38-18-30-10-8-28-16-36-20-32-12-24(4-1)39(23)53-45(31)59-49(35)55-41(27)43(29)57-51(37)61-47(33)54(40(25)26)48(34)62-52(38)58-44(30)42(28)56-50(36)60(46(32)53)63(59)69-65(55)67(57)70(64(61)62)68(58)66(56)69;;;;/h1-22H;;1H;;. The van der Waals surface area contributed by atoms with E-state index in [2.05, 4.69) is 133 Å². The van der Waals surface area contributed by atoms with Crippen LogP contribution in [0.25, 0.3) is 259 Å². The fourth-order valence-electron chi connectivity index (χ4n) is 18.6. The van der Waals surface area contributed by atoms with Gasteiger partial charge in [-0.15, -0.1) is 0 Å². The van der Waals surface area contributed by atoms with Crippen molar-refractivity contribution in [3.63, 3.8) is 0 Å². The Bertz CT molecular complexity index is 5930. The molecule has 0 atom stereocenters. The van der Waals surface area contributed by atoms with Gasteiger partial charge in [0, 0.05) is 0 Å². The third-order valence-electron chi connectivity index (χ3n) is 20.3. The summed E-state index contributed by atoms with van der Waals surface area (Å²) in [6.45, 7) is 0. The van der Waals surface area contributed by atoms with Crippen molar-refractivity contribution < 1.29 is 4.70 Å². The molecule has 0 saturated carbocycles. The number of benzene rings is 25. The summed E-state index contributed by atoms with van der Waals surface area (Å²) >= 11 is 0. The van der Waals surface area contributed by atoms with Gasteiger partial charge in [-0.25, -0.2) is 0 Å². The monoisotopic (exact) mass is 924 g/mol.